The van der Waals surface area contributed by atoms with Crippen LogP contribution >= 0.6 is 0 Å². The summed E-state index contributed by atoms with van der Waals surface area (Å²) in [5.41, 5.74) is 0.591. The average molecular weight is 179 g/mol. The van der Waals surface area contributed by atoms with Crippen molar-refractivity contribution < 1.29 is 15.1 Å². The summed E-state index contributed by atoms with van der Waals surface area (Å²) in [7, 11) is 0. The number of benzene rings is 1. The molecule has 0 saturated heterocycles. The Kier molecular flexibility index (Phi) is 3.03. The van der Waals surface area contributed by atoms with Crippen LogP contribution in [0.4, 0.5) is 0 Å². The van der Waals surface area contributed by atoms with Gasteiger partial charge in [0.25, 0.3) is 0 Å². The molecule has 0 saturated carbocycles. The summed E-state index contributed by atoms with van der Waals surface area (Å²) in [4.78, 5) is 10.7. The second-order valence-electron chi connectivity index (χ2n) is 2.49. The van der Waals surface area contributed by atoms with Gasteiger partial charge in [-0.1, -0.05) is 30.3 Å². The number of aliphatic carboxylic acids is 1. The van der Waals surface area contributed by atoms with Crippen molar-refractivity contribution in [2.24, 2.45) is 5.16 Å². The van der Waals surface area contributed by atoms with Gasteiger partial charge in [-0.2, -0.15) is 0 Å². The Morgan fingerprint density at radius 2 is 2.00 bits per heavy atom. The third-order valence-corrected chi connectivity index (χ3v) is 1.64. The van der Waals surface area contributed by atoms with Crippen LogP contribution in [0.2, 0.25) is 0 Å². The van der Waals surface area contributed by atoms with E-state index >= 15 is 0 Å². The summed E-state index contributed by atoms with van der Waals surface area (Å²) in [5, 5.41) is 19.7. The maximum Gasteiger partial charge on any atom is 0.316 e. The van der Waals surface area contributed by atoms with Crippen molar-refractivity contribution in [1.29, 1.82) is 0 Å². The topological polar surface area (TPSA) is 69.9 Å². The molecule has 0 amide bonds. The number of hydrogen-bond donors (Lipinski definition) is 2. The molecule has 0 aliphatic carbocycles. The summed E-state index contributed by atoms with van der Waals surface area (Å²) < 4.78 is 0. The lowest BCUT2D eigenvalue weighted by molar-refractivity contribution is -0.137. The summed E-state index contributed by atoms with van der Waals surface area (Å²) in [5.74, 6) is -1.92. The van der Waals surface area contributed by atoms with E-state index in [0.717, 1.165) is 6.21 Å². The maximum atomic E-state index is 10.7. The number of rotatable bonds is 3. The van der Waals surface area contributed by atoms with Crippen LogP contribution in [0.5, 0.6) is 0 Å². The number of hydrogen-bond acceptors (Lipinski definition) is 3. The molecule has 1 aromatic carbocycles. The zero-order valence-corrected chi connectivity index (χ0v) is 6.79. The first kappa shape index (κ1) is 9.25. The number of carboxylic acid groups (broad SMARTS) is 1. The van der Waals surface area contributed by atoms with Gasteiger partial charge in [0.2, 0.25) is 0 Å². The largest absolute Gasteiger partial charge is 0.481 e. The molecule has 13 heavy (non-hydrogen) atoms. The number of nitrogens with zero attached hydrogens (tertiary/aromatic N) is 1. The molecular weight excluding hydrogens is 170 g/mol. The molecular formula is C9H9NO3. The fraction of sp³-hybridized carbons (Fsp3) is 0.111. The van der Waals surface area contributed by atoms with Crippen molar-refractivity contribution in [3.63, 3.8) is 0 Å². The van der Waals surface area contributed by atoms with Crippen LogP contribution in [0.15, 0.2) is 35.5 Å². The van der Waals surface area contributed by atoms with E-state index in [1.54, 1.807) is 30.3 Å². The quantitative estimate of drug-likeness (QED) is 0.417. The molecule has 0 spiro atoms. The molecule has 2 N–H and O–H groups in total. The normalized spacial score (nSPS) is 12.9. The lowest BCUT2D eigenvalue weighted by Gasteiger charge is -2.04. The third-order valence-electron chi connectivity index (χ3n) is 1.64. The number of carboxylic acids is 1. The second kappa shape index (κ2) is 4.25. The highest BCUT2D eigenvalue weighted by Crippen LogP contribution is 2.12. The van der Waals surface area contributed by atoms with E-state index in [1.165, 1.54) is 0 Å². The van der Waals surface area contributed by atoms with Crippen molar-refractivity contribution in [2.45, 2.75) is 5.92 Å². The van der Waals surface area contributed by atoms with Gasteiger partial charge in [0.1, 0.15) is 5.92 Å². The van der Waals surface area contributed by atoms with Crippen molar-refractivity contribution in [3.05, 3.63) is 35.9 Å². The molecule has 0 radical (unpaired) electrons. The van der Waals surface area contributed by atoms with E-state index in [9.17, 15) is 4.79 Å². The van der Waals surface area contributed by atoms with Crippen LogP contribution in [0.25, 0.3) is 0 Å². The van der Waals surface area contributed by atoms with E-state index in [0.29, 0.717) is 5.56 Å². The lowest BCUT2D eigenvalue weighted by atomic mass is 10.0. The molecule has 0 bridgehead atoms. The fourth-order valence-corrected chi connectivity index (χ4v) is 1.02. The monoisotopic (exact) mass is 179 g/mol. The summed E-state index contributed by atoms with van der Waals surface area (Å²) in [6.07, 6.45) is 0.984. The molecule has 0 aliphatic heterocycles. The highest BCUT2D eigenvalue weighted by molar-refractivity contribution is 5.94. The number of oxime groups is 1. The zero-order valence-electron chi connectivity index (χ0n) is 6.79. The molecule has 0 fully saturated rings. The summed E-state index contributed by atoms with van der Waals surface area (Å²) in [6, 6.07) is 8.59. The molecule has 4 nitrogen and oxygen atoms in total. The number of carbonyl (C=O) groups is 1. The average Bonchev–Trinajstić information content (AvgIpc) is 2.15. The van der Waals surface area contributed by atoms with E-state index < -0.39 is 11.9 Å². The summed E-state index contributed by atoms with van der Waals surface area (Å²) >= 11 is 0. The molecule has 1 unspecified atom stereocenters. The van der Waals surface area contributed by atoms with Gasteiger partial charge in [0.15, 0.2) is 0 Å². The van der Waals surface area contributed by atoms with Gasteiger partial charge in [-0.15, -0.1) is 5.16 Å². The first-order valence-corrected chi connectivity index (χ1v) is 3.71. The molecule has 1 rings (SSSR count). The van der Waals surface area contributed by atoms with Gasteiger partial charge >= 0.3 is 5.97 Å². The van der Waals surface area contributed by atoms with Crippen LogP contribution in [0, 0.1) is 0 Å². The van der Waals surface area contributed by atoms with Gasteiger partial charge in [0.05, 0.1) is 6.21 Å². The van der Waals surface area contributed by atoms with Crippen molar-refractivity contribution in [2.75, 3.05) is 0 Å². The minimum Gasteiger partial charge on any atom is -0.481 e. The third kappa shape index (κ3) is 2.30. The lowest BCUT2D eigenvalue weighted by Crippen LogP contribution is -2.12. The highest BCUT2D eigenvalue weighted by atomic mass is 16.4. The van der Waals surface area contributed by atoms with Crippen LogP contribution in [0.3, 0.4) is 0 Å². The van der Waals surface area contributed by atoms with Gasteiger partial charge in [0, 0.05) is 0 Å². The molecule has 68 valence electrons. The van der Waals surface area contributed by atoms with Gasteiger partial charge in [-0.25, -0.2) is 0 Å². The van der Waals surface area contributed by atoms with E-state index in [4.69, 9.17) is 10.3 Å². The van der Waals surface area contributed by atoms with Gasteiger partial charge in [-0.05, 0) is 5.56 Å². The first-order chi connectivity index (χ1) is 6.25. The van der Waals surface area contributed by atoms with Crippen molar-refractivity contribution >= 4 is 12.2 Å². The SMILES string of the molecule is O=C(O)C(C=NO)c1ccccc1. The Bertz CT molecular complexity index is 308. The van der Waals surface area contributed by atoms with Crippen molar-refractivity contribution in [1.82, 2.24) is 0 Å². The molecule has 1 atom stereocenters. The Morgan fingerprint density at radius 3 is 2.46 bits per heavy atom. The second-order valence-corrected chi connectivity index (χ2v) is 2.49. The molecule has 0 aliphatic rings. The Hall–Kier alpha value is -1.84. The molecule has 0 aromatic heterocycles. The molecule has 4 heteroatoms. The fourth-order valence-electron chi connectivity index (χ4n) is 1.02. The maximum absolute atomic E-state index is 10.7. The minimum absolute atomic E-state index is 0.591. The standard InChI is InChI=1S/C9H9NO3/c11-9(12)8(6-10-13)7-4-2-1-3-5-7/h1-6,8,13H,(H,11,12). The zero-order chi connectivity index (χ0) is 9.68. The Balaban J connectivity index is 2.96. The van der Waals surface area contributed by atoms with Crippen LogP contribution in [-0.2, 0) is 4.79 Å². The van der Waals surface area contributed by atoms with Crippen LogP contribution < -0.4 is 0 Å². The summed E-state index contributed by atoms with van der Waals surface area (Å²) in [6.45, 7) is 0. The van der Waals surface area contributed by atoms with Gasteiger partial charge < -0.3 is 10.3 Å². The van der Waals surface area contributed by atoms with E-state index in [-0.39, 0.29) is 0 Å². The van der Waals surface area contributed by atoms with E-state index in [2.05, 4.69) is 5.16 Å². The Labute approximate surface area is 75.1 Å². The predicted octanol–water partition coefficient (Wildman–Crippen LogP) is 1.31. The predicted molar refractivity (Wildman–Crippen MR) is 47.1 cm³/mol. The van der Waals surface area contributed by atoms with Gasteiger partial charge in [-0.3, -0.25) is 4.79 Å². The minimum atomic E-state index is -1.04. The smallest absolute Gasteiger partial charge is 0.316 e. The van der Waals surface area contributed by atoms with Crippen LogP contribution in [0.1, 0.15) is 11.5 Å². The first-order valence-electron chi connectivity index (χ1n) is 3.71. The molecule has 0 heterocycles. The van der Waals surface area contributed by atoms with Crippen LogP contribution in [-0.4, -0.2) is 22.5 Å². The Morgan fingerprint density at radius 1 is 1.38 bits per heavy atom. The molecule has 1 aromatic rings. The van der Waals surface area contributed by atoms with E-state index in [1.807, 2.05) is 0 Å². The van der Waals surface area contributed by atoms with Crippen molar-refractivity contribution in [3.8, 4) is 0 Å². The highest BCUT2D eigenvalue weighted by Gasteiger charge is 2.16.